The number of halogens is 1. The van der Waals surface area contributed by atoms with Crippen molar-refractivity contribution >= 4 is 33.7 Å². The van der Waals surface area contributed by atoms with E-state index in [1.54, 1.807) is 6.34 Å². The lowest BCUT2D eigenvalue weighted by molar-refractivity contribution is 0.0967. The van der Waals surface area contributed by atoms with Gasteiger partial charge in [0.05, 0.1) is 18.6 Å². The Kier molecular flexibility index (Phi) is 4.72. The highest BCUT2D eigenvalue weighted by molar-refractivity contribution is 9.10. The zero-order valence-corrected chi connectivity index (χ0v) is 14.5. The summed E-state index contributed by atoms with van der Waals surface area (Å²) >= 11 is 3.38. The van der Waals surface area contributed by atoms with Gasteiger partial charge < -0.3 is 4.90 Å². The summed E-state index contributed by atoms with van der Waals surface area (Å²) in [5.41, 5.74) is 4.01. The summed E-state index contributed by atoms with van der Waals surface area (Å²) in [7, 11) is 0. The van der Waals surface area contributed by atoms with Gasteiger partial charge in [0.25, 0.3) is 0 Å². The zero-order valence-electron chi connectivity index (χ0n) is 12.9. The van der Waals surface area contributed by atoms with Crippen LogP contribution in [-0.2, 0) is 0 Å². The van der Waals surface area contributed by atoms with E-state index in [1.165, 1.54) is 5.56 Å². The molecule has 4 heteroatoms. The van der Waals surface area contributed by atoms with Crippen LogP contribution in [0.4, 0.5) is 0 Å². The molecule has 0 atom stereocenters. The number of hydrogen-bond donors (Lipinski definition) is 0. The molecule has 1 aliphatic rings. The van der Waals surface area contributed by atoms with E-state index in [9.17, 15) is 4.79 Å². The number of carbonyl (C=O) groups is 1. The Bertz CT molecular complexity index is 761. The quantitative estimate of drug-likeness (QED) is 0.752. The van der Waals surface area contributed by atoms with Crippen LogP contribution in [0.1, 0.15) is 21.5 Å². The maximum atomic E-state index is 12.3. The van der Waals surface area contributed by atoms with Crippen molar-refractivity contribution in [2.24, 2.45) is 4.99 Å². The van der Waals surface area contributed by atoms with Gasteiger partial charge in [-0.15, -0.1) is 0 Å². The van der Waals surface area contributed by atoms with Crippen molar-refractivity contribution in [2.75, 3.05) is 13.1 Å². The second kappa shape index (κ2) is 6.92. The molecule has 0 aliphatic carbocycles. The molecule has 1 aliphatic heterocycles. The van der Waals surface area contributed by atoms with Crippen molar-refractivity contribution in [3.8, 4) is 0 Å². The van der Waals surface area contributed by atoms with E-state index in [0.717, 1.165) is 21.3 Å². The van der Waals surface area contributed by atoms with E-state index in [1.807, 2.05) is 29.2 Å². The van der Waals surface area contributed by atoms with E-state index in [2.05, 4.69) is 58.2 Å². The molecular weight excluding hydrogens is 352 g/mol. The highest BCUT2D eigenvalue weighted by Gasteiger charge is 2.13. The molecule has 0 saturated heterocycles. The Morgan fingerprint density at radius 3 is 2.43 bits per heavy atom. The number of carbonyl (C=O) groups excluding carboxylic acids is 1. The van der Waals surface area contributed by atoms with Gasteiger partial charge in [-0.1, -0.05) is 57.9 Å². The number of aryl methyl sites for hydroxylation is 1. The summed E-state index contributed by atoms with van der Waals surface area (Å²) < 4.78 is 0.972. The Labute approximate surface area is 144 Å². The van der Waals surface area contributed by atoms with Crippen LogP contribution in [-0.4, -0.2) is 30.1 Å². The van der Waals surface area contributed by atoms with Gasteiger partial charge in [-0.3, -0.25) is 4.79 Å². The van der Waals surface area contributed by atoms with Gasteiger partial charge in [-0.05, 0) is 30.7 Å². The smallest absolute Gasteiger partial charge is 0.182 e. The molecule has 0 radical (unpaired) electrons. The molecular formula is C19H17BrN2O. The van der Waals surface area contributed by atoms with Gasteiger partial charge in [0.1, 0.15) is 0 Å². The maximum Gasteiger partial charge on any atom is 0.182 e. The Morgan fingerprint density at radius 2 is 1.83 bits per heavy atom. The molecule has 116 valence electrons. The van der Waals surface area contributed by atoms with Crippen LogP contribution in [0.5, 0.6) is 0 Å². The normalized spacial score (nSPS) is 13.8. The lowest BCUT2D eigenvalue weighted by Crippen LogP contribution is -2.30. The second-order valence-electron chi connectivity index (χ2n) is 5.56. The topological polar surface area (TPSA) is 32.7 Å². The molecule has 0 amide bonds. The largest absolute Gasteiger partial charge is 0.351 e. The molecule has 3 nitrogen and oxygen atoms in total. The molecule has 23 heavy (non-hydrogen) atoms. The number of hydrogen-bond acceptors (Lipinski definition) is 3. The number of ketones is 1. The summed E-state index contributed by atoms with van der Waals surface area (Å²) in [6, 6.07) is 15.7. The van der Waals surface area contributed by atoms with E-state index in [0.29, 0.717) is 13.1 Å². The van der Waals surface area contributed by atoms with E-state index in [4.69, 9.17) is 0 Å². The van der Waals surface area contributed by atoms with Crippen molar-refractivity contribution in [2.45, 2.75) is 6.92 Å². The molecule has 0 N–H and O–H groups in total. The molecule has 0 bridgehead atoms. The summed E-state index contributed by atoms with van der Waals surface area (Å²) in [4.78, 5) is 18.7. The predicted octanol–water partition coefficient (Wildman–Crippen LogP) is 4.33. The number of benzene rings is 2. The SMILES string of the molecule is Cc1ccc(C2=CCN(CC(=O)c3ccc(Br)cc3)C=N2)cc1. The van der Waals surface area contributed by atoms with E-state index < -0.39 is 0 Å². The lowest BCUT2D eigenvalue weighted by atomic mass is 10.1. The van der Waals surface area contributed by atoms with Crippen molar-refractivity contribution in [1.82, 2.24) is 4.90 Å². The van der Waals surface area contributed by atoms with Gasteiger partial charge in [0.2, 0.25) is 0 Å². The standard InChI is InChI=1S/C19H17BrN2O/c1-14-2-4-15(5-3-14)18-10-11-22(13-21-18)12-19(23)16-6-8-17(20)9-7-16/h2-10,13H,11-12H2,1H3. The van der Waals surface area contributed by atoms with Crippen LogP contribution in [0.2, 0.25) is 0 Å². The van der Waals surface area contributed by atoms with Crippen LogP contribution < -0.4 is 0 Å². The number of nitrogens with zero attached hydrogens (tertiary/aromatic N) is 2. The van der Waals surface area contributed by atoms with Crippen LogP contribution in [0, 0.1) is 6.92 Å². The maximum absolute atomic E-state index is 12.3. The first-order valence-electron chi connectivity index (χ1n) is 7.46. The fraction of sp³-hybridized carbons (Fsp3) is 0.158. The van der Waals surface area contributed by atoms with Crippen LogP contribution in [0.15, 0.2) is 64.1 Å². The highest BCUT2D eigenvalue weighted by Crippen LogP contribution is 2.19. The average Bonchev–Trinajstić information content (AvgIpc) is 2.57. The predicted molar refractivity (Wildman–Crippen MR) is 97.7 cm³/mol. The van der Waals surface area contributed by atoms with Crippen molar-refractivity contribution < 1.29 is 4.79 Å². The third-order valence-electron chi connectivity index (χ3n) is 3.74. The number of rotatable bonds is 4. The van der Waals surface area contributed by atoms with Gasteiger partial charge in [0.15, 0.2) is 5.78 Å². The van der Waals surface area contributed by atoms with Gasteiger partial charge in [-0.25, -0.2) is 4.99 Å². The molecule has 3 rings (SSSR count). The first-order chi connectivity index (χ1) is 11.1. The third kappa shape index (κ3) is 3.96. The van der Waals surface area contributed by atoms with Crippen LogP contribution in [0.3, 0.4) is 0 Å². The highest BCUT2D eigenvalue weighted by atomic mass is 79.9. The summed E-state index contributed by atoms with van der Waals surface area (Å²) in [6.07, 6.45) is 3.81. The molecule has 0 spiro atoms. The summed E-state index contributed by atoms with van der Waals surface area (Å²) in [6.45, 7) is 3.09. The Balaban J connectivity index is 1.62. The number of Topliss-reactive ketones (excluding diaryl/α,β-unsaturated/α-hetero) is 1. The fourth-order valence-electron chi connectivity index (χ4n) is 2.38. The average molecular weight is 369 g/mol. The number of aliphatic imine (C=N–C) groups is 1. The second-order valence-corrected chi connectivity index (χ2v) is 6.48. The Morgan fingerprint density at radius 1 is 1.13 bits per heavy atom. The molecule has 2 aromatic rings. The Hall–Kier alpha value is -2.20. The summed E-state index contributed by atoms with van der Waals surface area (Å²) in [5.74, 6) is 0.0936. The van der Waals surface area contributed by atoms with Crippen LogP contribution in [0.25, 0.3) is 5.70 Å². The van der Waals surface area contributed by atoms with Crippen molar-refractivity contribution in [3.05, 3.63) is 75.8 Å². The molecule has 2 aromatic carbocycles. The molecule has 0 aromatic heterocycles. The minimum absolute atomic E-state index is 0.0936. The van der Waals surface area contributed by atoms with E-state index >= 15 is 0 Å². The zero-order chi connectivity index (χ0) is 16.2. The van der Waals surface area contributed by atoms with Crippen LogP contribution >= 0.6 is 15.9 Å². The third-order valence-corrected chi connectivity index (χ3v) is 4.27. The van der Waals surface area contributed by atoms with Gasteiger partial charge in [0, 0.05) is 16.6 Å². The lowest BCUT2D eigenvalue weighted by Gasteiger charge is -2.21. The van der Waals surface area contributed by atoms with Crippen molar-refractivity contribution in [3.63, 3.8) is 0 Å². The minimum atomic E-state index is 0.0936. The molecule has 0 saturated carbocycles. The molecule has 0 fully saturated rings. The monoisotopic (exact) mass is 368 g/mol. The minimum Gasteiger partial charge on any atom is -0.351 e. The van der Waals surface area contributed by atoms with Gasteiger partial charge >= 0.3 is 0 Å². The summed E-state index contributed by atoms with van der Waals surface area (Å²) in [5, 5.41) is 0. The first kappa shape index (κ1) is 15.7. The first-order valence-corrected chi connectivity index (χ1v) is 8.25. The van der Waals surface area contributed by atoms with Crippen molar-refractivity contribution in [1.29, 1.82) is 0 Å². The molecule has 1 heterocycles. The van der Waals surface area contributed by atoms with Gasteiger partial charge in [-0.2, -0.15) is 0 Å². The molecule has 0 unspecified atom stereocenters. The van der Waals surface area contributed by atoms with E-state index in [-0.39, 0.29) is 5.78 Å². The fourth-order valence-corrected chi connectivity index (χ4v) is 2.65.